The minimum absolute atomic E-state index is 0.229. The Morgan fingerprint density at radius 2 is 1.87 bits per heavy atom. The minimum atomic E-state index is -0.246. The van der Waals surface area contributed by atoms with Gasteiger partial charge >= 0.3 is 6.03 Å². The summed E-state index contributed by atoms with van der Waals surface area (Å²) in [5.41, 5.74) is 2.76. The minimum Gasteiger partial charge on any atom is -0.393 e. The highest BCUT2D eigenvalue weighted by Crippen LogP contribution is 2.28. The molecule has 0 saturated carbocycles. The molecule has 2 fully saturated rings. The molecule has 1 aromatic heterocycles. The Kier molecular flexibility index (Phi) is 6.66. The highest BCUT2D eigenvalue weighted by atomic mass is 16.5. The van der Waals surface area contributed by atoms with E-state index in [1.54, 1.807) is 6.20 Å². The van der Waals surface area contributed by atoms with Crippen LogP contribution in [0.4, 0.5) is 22.0 Å². The monoisotopic (exact) mass is 411 g/mol. The van der Waals surface area contributed by atoms with Crippen molar-refractivity contribution >= 4 is 23.2 Å². The normalized spacial score (nSPS) is 17.6. The lowest BCUT2D eigenvalue weighted by Gasteiger charge is -2.32. The fourth-order valence-electron chi connectivity index (χ4n) is 3.85. The Bertz CT molecular complexity index is 848. The number of nitrogens with one attached hydrogen (secondary N) is 2. The maximum Gasteiger partial charge on any atom is 0.319 e. The number of para-hydroxylation sites is 2. The van der Waals surface area contributed by atoms with Crippen molar-refractivity contribution in [3.63, 3.8) is 0 Å². The van der Waals surface area contributed by atoms with Gasteiger partial charge in [0.15, 0.2) is 0 Å². The fraction of sp³-hybridized carbons (Fsp3) is 0.455. The molecule has 3 N–H and O–H groups in total. The number of ether oxygens (including phenoxy) is 1. The number of pyridine rings is 1. The largest absolute Gasteiger partial charge is 0.393 e. The molecule has 2 amide bonds. The first-order valence-corrected chi connectivity index (χ1v) is 10.5. The van der Waals surface area contributed by atoms with Crippen LogP contribution < -0.4 is 20.4 Å². The maximum atomic E-state index is 12.5. The zero-order chi connectivity index (χ0) is 20.8. The van der Waals surface area contributed by atoms with Crippen LogP contribution in [0.2, 0.25) is 0 Å². The van der Waals surface area contributed by atoms with E-state index < -0.39 is 0 Å². The van der Waals surface area contributed by atoms with Crippen LogP contribution in [0.25, 0.3) is 0 Å². The number of aromatic nitrogens is 1. The number of anilines is 3. The second-order valence-electron chi connectivity index (χ2n) is 7.66. The molecule has 0 spiro atoms. The lowest BCUT2D eigenvalue weighted by atomic mass is 10.1. The summed E-state index contributed by atoms with van der Waals surface area (Å²) in [6.45, 7) is 5.06. The van der Waals surface area contributed by atoms with Crippen molar-refractivity contribution in [2.45, 2.75) is 25.5 Å². The van der Waals surface area contributed by atoms with Crippen LogP contribution in [0.1, 0.15) is 18.4 Å². The summed E-state index contributed by atoms with van der Waals surface area (Å²) in [6.07, 6.45) is 3.04. The number of carbonyl (C=O) groups excluding carboxylic acids is 1. The first-order valence-electron chi connectivity index (χ1n) is 10.5. The van der Waals surface area contributed by atoms with Gasteiger partial charge in [-0.25, -0.2) is 9.78 Å². The Morgan fingerprint density at radius 1 is 1.10 bits per heavy atom. The second kappa shape index (κ2) is 9.77. The molecule has 4 rings (SSSR count). The Balaban J connectivity index is 1.34. The van der Waals surface area contributed by atoms with Gasteiger partial charge in [-0.3, -0.25) is 0 Å². The number of hydrogen-bond donors (Lipinski definition) is 3. The molecule has 160 valence electrons. The number of rotatable bonds is 5. The summed E-state index contributed by atoms with van der Waals surface area (Å²) in [5.74, 6) is 0.913. The molecular weight excluding hydrogens is 382 g/mol. The van der Waals surface area contributed by atoms with Gasteiger partial charge in [-0.2, -0.15) is 0 Å². The molecule has 2 aromatic rings. The van der Waals surface area contributed by atoms with Crippen molar-refractivity contribution in [3.05, 3.63) is 48.2 Å². The van der Waals surface area contributed by atoms with Crippen molar-refractivity contribution in [3.8, 4) is 0 Å². The van der Waals surface area contributed by atoms with Gasteiger partial charge in [0.1, 0.15) is 5.82 Å². The molecule has 3 heterocycles. The van der Waals surface area contributed by atoms with Gasteiger partial charge in [0.25, 0.3) is 0 Å². The molecular formula is C22H29N5O3. The number of aliphatic hydroxyl groups is 1. The standard InChI is InChI=1S/C22H29N5O3/c28-18-6-9-26(10-7-18)20-4-2-1-3-19(20)25-22(29)24-16-17-5-8-23-21(15-17)27-11-13-30-14-12-27/h1-5,8,15,18,28H,6-7,9-14,16H2,(H2,24,25,29). The van der Waals surface area contributed by atoms with Crippen LogP contribution >= 0.6 is 0 Å². The van der Waals surface area contributed by atoms with Crippen LogP contribution in [0.3, 0.4) is 0 Å². The van der Waals surface area contributed by atoms with Gasteiger partial charge in [0, 0.05) is 38.9 Å². The maximum absolute atomic E-state index is 12.5. The number of benzene rings is 1. The number of amides is 2. The molecule has 8 heteroatoms. The number of carbonyl (C=O) groups is 1. The lowest BCUT2D eigenvalue weighted by molar-refractivity contribution is 0.122. The summed E-state index contributed by atoms with van der Waals surface area (Å²) in [7, 11) is 0. The van der Waals surface area contributed by atoms with Gasteiger partial charge in [0.05, 0.1) is 30.7 Å². The SMILES string of the molecule is O=C(NCc1ccnc(N2CCOCC2)c1)Nc1ccccc1N1CCC(O)CC1. The van der Waals surface area contributed by atoms with Crippen molar-refractivity contribution in [2.75, 3.05) is 54.5 Å². The first kappa shape index (κ1) is 20.4. The molecule has 30 heavy (non-hydrogen) atoms. The average Bonchev–Trinajstić information content (AvgIpc) is 2.80. The van der Waals surface area contributed by atoms with E-state index in [2.05, 4.69) is 25.4 Å². The van der Waals surface area contributed by atoms with Crippen LogP contribution in [-0.2, 0) is 11.3 Å². The van der Waals surface area contributed by atoms with Gasteiger partial charge in [-0.05, 0) is 42.7 Å². The van der Waals surface area contributed by atoms with Crippen molar-refractivity contribution in [1.29, 1.82) is 0 Å². The molecule has 0 unspecified atom stereocenters. The molecule has 8 nitrogen and oxygen atoms in total. The molecule has 0 radical (unpaired) electrons. The first-order chi connectivity index (χ1) is 14.7. The summed E-state index contributed by atoms with van der Waals surface area (Å²) in [6, 6.07) is 11.5. The van der Waals surface area contributed by atoms with E-state index in [1.807, 2.05) is 36.4 Å². The van der Waals surface area contributed by atoms with Crippen LogP contribution in [0.15, 0.2) is 42.6 Å². The molecule has 2 aliphatic rings. The third kappa shape index (κ3) is 5.20. The number of hydrogen-bond acceptors (Lipinski definition) is 6. The van der Waals surface area contributed by atoms with Gasteiger partial charge in [-0.1, -0.05) is 12.1 Å². The zero-order valence-electron chi connectivity index (χ0n) is 17.1. The number of aliphatic hydroxyl groups excluding tert-OH is 1. The van der Waals surface area contributed by atoms with E-state index in [4.69, 9.17) is 4.74 Å². The van der Waals surface area contributed by atoms with Crippen LogP contribution in [0, 0.1) is 0 Å². The predicted octanol–water partition coefficient (Wildman–Crippen LogP) is 2.20. The highest BCUT2D eigenvalue weighted by molar-refractivity contribution is 5.93. The fourth-order valence-corrected chi connectivity index (χ4v) is 3.85. The molecule has 2 aliphatic heterocycles. The molecule has 0 bridgehead atoms. The summed E-state index contributed by atoms with van der Waals surface area (Å²) < 4.78 is 5.40. The van der Waals surface area contributed by atoms with E-state index in [9.17, 15) is 9.90 Å². The van der Waals surface area contributed by atoms with Gasteiger partial charge in [-0.15, -0.1) is 0 Å². The van der Waals surface area contributed by atoms with E-state index in [0.29, 0.717) is 19.8 Å². The molecule has 0 aliphatic carbocycles. The van der Waals surface area contributed by atoms with E-state index in [0.717, 1.165) is 61.8 Å². The third-order valence-corrected chi connectivity index (χ3v) is 5.56. The number of piperidine rings is 1. The predicted molar refractivity (Wildman–Crippen MR) is 117 cm³/mol. The quantitative estimate of drug-likeness (QED) is 0.699. The Labute approximate surface area is 176 Å². The Hall–Kier alpha value is -2.84. The second-order valence-corrected chi connectivity index (χ2v) is 7.66. The zero-order valence-corrected chi connectivity index (χ0v) is 17.1. The molecule has 0 atom stereocenters. The van der Waals surface area contributed by atoms with Gasteiger partial charge < -0.3 is 30.3 Å². The van der Waals surface area contributed by atoms with Crippen LogP contribution in [0.5, 0.6) is 0 Å². The highest BCUT2D eigenvalue weighted by Gasteiger charge is 2.20. The summed E-state index contributed by atoms with van der Waals surface area (Å²) >= 11 is 0. The molecule has 2 saturated heterocycles. The van der Waals surface area contributed by atoms with Crippen LogP contribution in [-0.4, -0.2) is 61.6 Å². The van der Waals surface area contributed by atoms with E-state index in [1.165, 1.54) is 0 Å². The summed E-state index contributed by atoms with van der Waals surface area (Å²) in [4.78, 5) is 21.4. The molecule has 1 aromatic carbocycles. The topological polar surface area (TPSA) is 90.0 Å². The van der Waals surface area contributed by atoms with Crippen molar-refractivity contribution in [2.24, 2.45) is 0 Å². The number of nitrogens with zero attached hydrogens (tertiary/aromatic N) is 3. The van der Waals surface area contributed by atoms with E-state index in [-0.39, 0.29) is 12.1 Å². The van der Waals surface area contributed by atoms with Gasteiger partial charge in [0.2, 0.25) is 0 Å². The van der Waals surface area contributed by atoms with Crippen molar-refractivity contribution < 1.29 is 14.6 Å². The van der Waals surface area contributed by atoms with E-state index >= 15 is 0 Å². The average molecular weight is 412 g/mol. The third-order valence-electron chi connectivity index (χ3n) is 5.56. The number of urea groups is 1. The van der Waals surface area contributed by atoms with Crippen molar-refractivity contribution in [1.82, 2.24) is 10.3 Å². The Morgan fingerprint density at radius 3 is 2.67 bits per heavy atom. The summed E-state index contributed by atoms with van der Waals surface area (Å²) in [5, 5.41) is 15.7. The lowest BCUT2D eigenvalue weighted by Crippen LogP contribution is -2.37. The number of morpholine rings is 1. The smallest absolute Gasteiger partial charge is 0.319 e.